The summed E-state index contributed by atoms with van der Waals surface area (Å²) in [5, 5.41) is 8.74. The lowest BCUT2D eigenvalue weighted by atomic mass is 10.0. The first-order valence-corrected chi connectivity index (χ1v) is 4.03. The van der Waals surface area contributed by atoms with Gasteiger partial charge in [-0.05, 0) is 19.1 Å². The number of carbonyl (C=O) groups is 1. The Morgan fingerprint density at radius 3 is 2.67 bits per heavy atom. The van der Waals surface area contributed by atoms with Gasteiger partial charge in [-0.3, -0.25) is 4.79 Å². The first-order valence-electron chi connectivity index (χ1n) is 4.03. The van der Waals surface area contributed by atoms with Crippen molar-refractivity contribution in [2.24, 2.45) is 0 Å². The minimum atomic E-state index is -2.95. The molecular weight excluding hydrogens is 204 g/mol. The van der Waals surface area contributed by atoms with Gasteiger partial charge < -0.3 is 4.74 Å². The smallest absolute Gasteiger partial charge is 0.387 e. The maximum Gasteiger partial charge on any atom is 0.387 e. The number of hydrogen-bond acceptors (Lipinski definition) is 3. The maximum atomic E-state index is 11.9. The zero-order valence-electron chi connectivity index (χ0n) is 7.83. The molecule has 0 amide bonds. The summed E-state index contributed by atoms with van der Waals surface area (Å²) in [7, 11) is 0. The van der Waals surface area contributed by atoms with Crippen LogP contribution < -0.4 is 4.74 Å². The fourth-order valence-corrected chi connectivity index (χ4v) is 1.18. The largest absolute Gasteiger partial charge is 0.435 e. The molecule has 15 heavy (non-hydrogen) atoms. The normalized spacial score (nSPS) is 9.80. The zero-order valence-corrected chi connectivity index (χ0v) is 7.83. The SMILES string of the molecule is Cc1c(OC(F)F)ccc(C=O)c1C#N. The van der Waals surface area contributed by atoms with Gasteiger partial charge in [-0.1, -0.05) is 0 Å². The van der Waals surface area contributed by atoms with Crippen LogP contribution >= 0.6 is 0 Å². The Labute approximate surface area is 84.9 Å². The minimum Gasteiger partial charge on any atom is -0.435 e. The van der Waals surface area contributed by atoms with E-state index in [1.54, 1.807) is 6.07 Å². The third-order valence-electron chi connectivity index (χ3n) is 1.90. The number of nitriles is 1. The van der Waals surface area contributed by atoms with E-state index in [0.29, 0.717) is 6.29 Å². The standard InChI is InChI=1S/C10H7F2NO2/c1-6-8(4-13)7(5-14)2-3-9(6)15-10(11)12/h2-3,5,10H,1H3. The molecule has 1 rings (SSSR count). The van der Waals surface area contributed by atoms with Crippen LogP contribution in [0.3, 0.4) is 0 Å². The van der Waals surface area contributed by atoms with E-state index in [4.69, 9.17) is 5.26 Å². The van der Waals surface area contributed by atoms with E-state index >= 15 is 0 Å². The van der Waals surface area contributed by atoms with E-state index in [1.165, 1.54) is 19.1 Å². The molecule has 0 N–H and O–H groups in total. The topological polar surface area (TPSA) is 50.1 Å². The van der Waals surface area contributed by atoms with Crippen molar-refractivity contribution < 1.29 is 18.3 Å². The van der Waals surface area contributed by atoms with Gasteiger partial charge in [0.25, 0.3) is 0 Å². The van der Waals surface area contributed by atoms with E-state index in [-0.39, 0.29) is 22.4 Å². The number of hydrogen-bond donors (Lipinski definition) is 0. The lowest BCUT2D eigenvalue weighted by Crippen LogP contribution is -2.05. The number of nitrogens with zero attached hydrogens (tertiary/aromatic N) is 1. The van der Waals surface area contributed by atoms with E-state index in [9.17, 15) is 13.6 Å². The predicted octanol–water partition coefficient (Wildman–Crippen LogP) is 2.28. The molecule has 5 heteroatoms. The van der Waals surface area contributed by atoms with Crippen LogP contribution in [0.1, 0.15) is 21.5 Å². The molecular formula is C10H7F2NO2. The molecule has 0 spiro atoms. The maximum absolute atomic E-state index is 11.9. The lowest BCUT2D eigenvalue weighted by Gasteiger charge is -2.09. The Hall–Kier alpha value is -1.96. The van der Waals surface area contributed by atoms with Crippen LogP contribution in [0.4, 0.5) is 8.78 Å². The summed E-state index contributed by atoms with van der Waals surface area (Å²) in [5.74, 6) is -0.0906. The van der Waals surface area contributed by atoms with Crippen molar-refractivity contribution in [3.8, 4) is 11.8 Å². The van der Waals surface area contributed by atoms with Gasteiger partial charge in [0, 0.05) is 11.1 Å². The predicted molar refractivity (Wildman–Crippen MR) is 47.9 cm³/mol. The van der Waals surface area contributed by atoms with Crippen LogP contribution in [0.25, 0.3) is 0 Å². The van der Waals surface area contributed by atoms with Gasteiger partial charge in [0.1, 0.15) is 11.8 Å². The molecule has 0 fully saturated rings. The minimum absolute atomic E-state index is 0.0585. The summed E-state index contributed by atoms with van der Waals surface area (Å²) in [4.78, 5) is 10.5. The molecule has 0 aromatic heterocycles. The van der Waals surface area contributed by atoms with Gasteiger partial charge in [0.2, 0.25) is 0 Å². The van der Waals surface area contributed by atoms with Crippen LogP contribution in [0, 0.1) is 18.3 Å². The summed E-state index contributed by atoms with van der Waals surface area (Å²) in [6.45, 7) is -1.50. The Balaban J connectivity index is 3.24. The summed E-state index contributed by atoms with van der Waals surface area (Å²) in [6, 6.07) is 4.29. The fourth-order valence-electron chi connectivity index (χ4n) is 1.18. The van der Waals surface area contributed by atoms with Crippen LogP contribution in [-0.2, 0) is 0 Å². The number of ether oxygens (including phenoxy) is 1. The van der Waals surface area contributed by atoms with Gasteiger partial charge in [-0.15, -0.1) is 0 Å². The highest BCUT2D eigenvalue weighted by atomic mass is 19.3. The van der Waals surface area contributed by atoms with Crippen LogP contribution in [0.2, 0.25) is 0 Å². The quantitative estimate of drug-likeness (QED) is 0.720. The Morgan fingerprint density at radius 2 is 2.20 bits per heavy atom. The molecule has 1 aromatic rings. The van der Waals surface area contributed by atoms with Crippen molar-refractivity contribution in [3.63, 3.8) is 0 Å². The molecule has 0 aliphatic carbocycles. The molecule has 1 aromatic carbocycles. The van der Waals surface area contributed by atoms with Gasteiger partial charge in [-0.25, -0.2) is 0 Å². The number of carbonyl (C=O) groups excluding carboxylic acids is 1. The number of aldehydes is 1. The summed E-state index contributed by atoms with van der Waals surface area (Å²) in [6.07, 6.45) is 0.498. The molecule has 0 radical (unpaired) electrons. The molecule has 0 atom stereocenters. The molecule has 0 aliphatic rings. The number of alkyl halides is 2. The Bertz CT molecular complexity index is 424. The molecule has 0 unspecified atom stereocenters. The number of halogens is 2. The molecule has 0 heterocycles. The van der Waals surface area contributed by atoms with E-state index < -0.39 is 6.61 Å². The lowest BCUT2D eigenvalue weighted by molar-refractivity contribution is -0.0503. The molecule has 78 valence electrons. The van der Waals surface area contributed by atoms with Gasteiger partial charge in [0.05, 0.1) is 5.56 Å². The van der Waals surface area contributed by atoms with Crippen molar-refractivity contribution >= 4 is 6.29 Å². The first kappa shape index (κ1) is 11.1. The van der Waals surface area contributed by atoms with Crippen molar-refractivity contribution in [2.75, 3.05) is 0 Å². The van der Waals surface area contributed by atoms with Crippen LogP contribution in [0.5, 0.6) is 5.75 Å². The monoisotopic (exact) mass is 211 g/mol. The van der Waals surface area contributed by atoms with Gasteiger partial charge in [-0.2, -0.15) is 14.0 Å². The second-order valence-corrected chi connectivity index (χ2v) is 2.76. The summed E-state index contributed by atoms with van der Waals surface area (Å²) >= 11 is 0. The Kier molecular flexibility index (Phi) is 3.34. The average Bonchev–Trinajstić information content (AvgIpc) is 2.20. The molecule has 0 aliphatic heterocycles. The highest BCUT2D eigenvalue weighted by Crippen LogP contribution is 2.24. The van der Waals surface area contributed by atoms with E-state index in [1.807, 2.05) is 0 Å². The highest BCUT2D eigenvalue weighted by Gasteiger charge is 2.13. The average molecular weight is 211 g/mol. The second kappa shape index (κ2) is 4.51. The Morgan fingerprint density at radius 1 is 1.53 bits per heavy atom. The van der Waals surface area contributed by atoms with Gasteiger partial charge in [0.15, 0.2) is 6.29 Å². The summed E-state index contributed by atoms with van der Waals surface area (Å²) < 4.78 is 28.1. The highest BCUT2D eigenvalue weighted by molar-refractivity contribution is 5.80. The first-order chi connectivity index (χ1) is 7.10. The number of benzene rings is 1. The zero-order chi connectivity index (χ0) is 11.4. The molecule has 0 saturated carbocycles. The van der Waals surface area contributed by atoms with Crippen molar-refractivity contribution in [1.82, 2.24) is 0 Å². The molecule has 0 bridgehead atoms. The van der Waals surface area contributed by atoms with Crippen molar-refractivity contribution in [3.05, 3.63) is 28.8 Å². The van der Waals surface area contributed by atoms with Crippen molar-refractivity contribution in [1.29, 1.82) is 5.26 Å². The molecule has 3 nitrogen and oxygen atoms in total. The third kappa shape index (κ3) is 2.29. The van der Waals surface area contributed by atoms with Crippen LogP contribution in [0.15, 0.2) is 12.1 Å². The fraction of sp³-hybridized carbons (Fsp3) is 0.200. The van der Waals surface area contributed by atoms with Crippen molar-refractivity contribution in [2.45, 2.75) is 13.5 Å². The van der Waals surface area contributed by atoms with Gasteiger partial charge >= 0.3 is 6.61 Å². The number of rotatable bonds is 3. The van der Waals surface area contributed by atoms with E-state index in [2.05, 4.69) is 4.74 Å². The summed E-state index contributed by atoms with van der Waals surface area (Å²) in [5.41, 5.74) is 0.460. The van der Waals surface area contributed by atoms with Crippen LogP contribution in [-0.4, -0.2) is 12.9 Å². The van der Waals surface area contributed by atoms with E-state index in [0.717, 1.165) is 0 Å². The third-order valence-corrected chi connectivity index (χ3v) is 1.90. The second-order valence-electron chi connectivity index (χ2n) is 2.76. The molecule has 0 saturated heterocycles.